The Kier molecular flexibility index (Phi) is 8.05. The van der Waals surface area contributed by atoms with E-state index in [4.69, 9.17) is 33.7 Å². The summed E-state index contributed by atoms with van der Waals surface area (Å²) in [5, 5.41) is 5.61. The lowest BCUT2D eigenvalue weighted by molar-refractivity contribution is -0.124. The third kappa shape index (κ3) is 5.73. The highest BCUT2D eigenvalue weighted by atomic mass is 35.5. The molecule has 2 aliphatic rings. The van der Waals surface area contributed by atoms with E-state index in [2.05, 4.69) is 0 Å². The molecule has 8 heteroatoms. The average Bonchev–Trinajstić information content (AvgIpc) is 3.53. The van der Waals surface area contributed by atoms with Crippen LogP contribution in [0.4, 0.5) is 0 Å². The Morgan fingerprint density at radius 1 is 0.975 bits per heavy atom. The van der Waals surface area contributed by atoms with Crippen LogP contribution in [-0.2, 0) is 11.4 Å². The van der Waals surface area contributed by atoms with Crippen LogP contribution in [0.3, 0.4) is 0 Å². The molecule has 1 aromatic heterocycles. The zero-order chi connectivity index (χ0) is 27.5. The Labute approximate surface area is 248 Å². The lowest BCUT2D eigenvalue weighted by Gasteiger charge is -2.29. The summed E-state index contributed by atoms with van der Waals surface area (Å²) in [5.74, 6) is 0.740. The molecule has 1 saturated heterocycles. The van der Waals surface area contributed by atoms with Crippen molar-refractivity contribution in [1.82, 2.24) is 14.7 Å². The Balaban J connectivity index is 1.29. The Morgan fingerprint density at radius 3 is 2.45 bits per heavy atom. The van der Waals surface area contributed by atoms with Crippen LogP contribution in [0.5, 0.6) is 5.75 Å². The fourth-order valence-electron chi connectivity index (χ4n) is 5.19. The first-order chi connectivity index (χ1) is 19.6. The van der Waals surface area contributed by atoms with Crippen molar-refractivity contribution in [3.8, 4) is 22.7 Å². The van der Waals surface area contributed by atoms with Crippen molar-refractivity contribution in [3.63, 3.8) is 0 Å². The van der Waals surface area contributed by atoms with Crippen LogP contribution in [0.1, 0.15) is 43.2 Å². The third-order valence-corrected chi connectivity index (χ3v) is 8.99. The summed E-state index contributed by atoms with van der Waals surface area (Å²) >= 11 is 13.3. The Bertz CT molecular complexity index is 1560. The van der Waals surface area contributed by atoms with Crippen molar-refractivity contribution in [1.29, 1.82) is 0 Å². The fourth-order valence-corrected chi connectivity index (χ4v) is 6.77. The molecule has 4 aromatic rings. The van der Waals surface area contributed by atoms with Gasteiger partial charge in [0.15, 0.2) is 0 Å². The molecule has 1 aliphatic heterocycles. The van der Waals surface area contributed by atoms with E-state index >= 15 is 0 Å². The zero-order valence-electron chi connectivity index (χ0n) is 21.8. The highest BCUT2D eigenvalue weighted by Gasteiger charge is 2.37. The SMILES string of the molecule is O=C1C(=Cc2cn(-c3ccccc3)nc2-c2ccc(OCc3ccccc3Cl)cc2)SC(=S)N1C1CCCCC1. The number of nitrogens with zero attached hydrogens (tertiary/aromatic N) is 3. The number of hydrogen-bond donors (Lipinski definition) is 0. The van der Waals surface area contributed by atoms with Gasteiger partial charge in [-0.1, -0.05) is 91.2 Å². The lowest BCUT2D eigenvalue weighted by Crippen LogP contribution is -2.39. The molecule has 0 bridgehead atoms. The number of aromatic nitrogens is 2. The maximum absolute atomic E-state index is 13.5. The van der Waals surface area contributed by atoms with Gasteiger partial charge in [0.1, 0.15) is 16.7 Å². The standard InChI is InChI=1S/C32H28ClN3O2S2/c33-28-14-8-7-9-23(28)21-38-27-17-15-22(16-18-27)30-24(20-35(34-30)25-10-3-1-4-11-25)19-29-31(37)36(32(39)40-29)26-12-5-2-6-13-26/h1,3-4,7-11,14-20,26H,2,5-6,12-13,21H2. The number of carbonyl (C=O) groups excluding carboxylic acids is 1. The molecule has 0 unspecified atom stereocenters. The van der Waals surface area contributed by atoms with Crippen LogP contribution in [0, 0.1) is 0 Å². The molecule has 0 spiro atoms. The maximum Gasteiger partial charge on any atom is 0.266 e. The second kappa shape index (κ2) is 12.0. The number of amides is 1. The van der Waals surface area contributed by atoms with Gasteiger partial charge in [0, 0.05) is 34.0 Å². The number of halogens is 1. The molecule has 40 heavy (non-hydrogen) atoms. The molecule has 0 radical (unpaired) electrons. The van der Waals surface area contributed by atoms with E-state index < -0.39 is 0 Å². The number of rotatable bonds is 7. The highest BCUT2D eigenvalue weighted by molar-refractivity contribution is 8.26. The van der Waals surface area contributed by atoms with Gasteiger partial charge in [-0.2, -0.15) is 5.10 Å². The van der Waals surface area contributed by atoms with Gasteiger partial charge < -0.3 is 4.74 Å². The van der Waals surface area contributed by atoms with E-state index in [1.807, 2.05) is 101 Å². The maximum atomic E-state index is 13.5. The molecule has 6 rings (SSSR count). The van der Waals surface area contributed by atoms with Crippen molar-refractivity contribution in [2.24, 2.45) is 0 Å². The zero-order valence-corrected chi connectivity index (χ0v) is 24.2. The number of hydrogen-bond acceptors (Lipinski definition) is 5. The molecular weight excluding hydrogens is 558 g/mol. The monoisotopic (exact) mass is 585 g/mol. The summed E-state index contributed by atoms with van der Waals surface area (Å²) in [7, 11) is 0. The average molecular weight is 586 g/mol. The molecule has 0 atom stereocenters. The molecule has 3 aromatic carbocycles. The van der Waals surface area contributed by atoms with Gasteiger partial charge in [0.2, 0.25) is 0 Å². The minimum Gasteiger partial charge on any atom is -0.489 e. The van der Waals surface area contributed by atoms with E-state index in [0.29, 0.717) is 20.9 Å². The van der Waals surface area contributed by atoms with Gasteiger partial charge in [-0.3, -0.25) is 9.69 Å². The van der Waals surface area contributed by atoms with Crippen LogP contribution in [0.2, 0.25) is 5.02 Å². The first-order valence-electron chi connectivity index (χ1n) is 13.5. The van der Waals surface area contributed by atoms with Crippen molar-refractivity contribution in [3.05, 3.63) is 106 Å². The van der Waals surface area contributed by atoms with Crippen LogP contribution in [-0.4, -0.2) is 30.9 Å². The van der Waals surface area contributed by atoms with Gasteiger partial charge in [-0.05, 0) is 61.4 Å². The van der Waals surface area contributed by atoms with Crippen molar-refractivity contribution in [2.45, 2.75) is 44.8 Å². The molecule has 0 N–H and O–H groups in total. The number of benzene rings is 3. The summed E-state index contributed by atoms with van der Waals surface area (Å²) in [6.07, 6.45) is 9.46. The van der Waals surface area contributed by atoms with E-state index in [-0.39, 0.29) is 11.9 Å². The molecule has 2 fully saturated rings. The van der Waals surface area contributed by atoms with E-state index in [1.165, 1.54) is 18.2 Å². The second-order valence-electron chi connectivity index (χ2n) is 9.96. The van der Waals surface area contributed by atoms with Crippen LogP contribution < -0.4 is 4.74 Å². The number of thiocarbonyl (C=S) groups is 1. The van der Waals surface area contributed by atoms with E-state index in [0.717, 1.165) is 59.5 Å². The first-order valence-corrected chi connectivity index (χ1v) is 15.1. The molecule has 1 amide bonds. The van der Waals surface area contributed by atoms with Crippen LogP contribution in [0.25, 0.3) is 23.0 Å². The predicted octanol–water partition coefficient (Wildman–Crippen LogP) is 8.31. The van der Waals surface area contributed by atoms with Crippen LogP contribution in [0.15, 0.2) is 90.0 Å². The largest absolute Gasteiger partial charge is 0.489 e. The molecule has 1 saturated carbocycles. The third-order valence-electron chi connectivity index (χ3n) is 7.29. The van der Waals surface area contributed by atoms with Crippen molar-refractivity contribution < 1.29 is 9.53 Å². The normalized spacial score (nSPS) is 17.1. The molecule has 1 aliphatic carbocycles. The fraction of sp³-hybridized carbons (Fsp3) is 0.219. The quantitative estimate of drug-likeness (QED) is 0.161. The summed E-state index contributed by atoms with van der Waals surface area (Å²) in [4.78, 5) is 16.0. The van der Waals surface area contributed by atoms with Crippen molar-refractivity contribution in [2.75, 3.05) is 0 Å². The number of ether oxygens (including phenoxy) is 1. The Hall–Kier alpha value is -3.39. The van der Waals surface area contributed by atoms with Gasteiger partial charge in [0.05, 0.1) is 16.3 Å². The lowest BCUT2D eigenvalue weighted by atomic mass is 9.94. The molecule has 202 valence electrons. The van der Waals surface area contributed by atoms with Crippen LogP contribution >= 0.6 is 35.6 Å². The summed E-state index contributed by atoms with van der Waals surface area (Å²) < 4.78 is 8.49. The van der Waals surface area contributed by atoms with E-state index in [9.17, 15) is 4.79 Å². The number of carbonyl (C=O) groups is 1. The van der Waals surface area contributed by atoms with Gasteiger partial charge >= 0.3 is 0 Å². The minimum absolute atomic E-state index is 0.00336. The second-order valence-corrected chi connectivity index (χ2v) is 12.0. The van der Waals surface area contributed by atoms with Crippen molar-refractivity contribution >= 4 is 51.9 Å². The summed E-state index contributed by atoms with van der Waals surface area (Å²) in [6.45, 7) is 0.385. The number of thioether (sulfide) groups is 1. The number of para-hydroxylation sites is 1. The minimum atomic E-state index is 0.00336. The Morgan fingerprint density at radius 2 is 1.70 bits per heavy atom. The molecule has 2 heterocycles. The molecule has 5 nitrogen and oxygen atoms in total. The summed E-state index contributed by atoms with van der Waals surface area (Å²) in [5.41, 5.74) is 4.44. The molecular formula is C32H28ClN3O2S2. The predicted molar refractivity (Wildman–Crippen MR) is 167 cm³/mol. The highest BCUT2D eigenvalue weighted by Crippen LogP contribution is 2.38. The van der Waals surface area contributed by atoms with Gasteiger partial charge in [-0.15, -0.1) is 0 Å². The van der Waals surface area contributed by atoms with Gasteiger partial charge in [-0.25, -0.2) is 4.68 Å². The van der Waals surface area contributed by atoms with E-state index in [1.54, 1.807) is 0 Å². The van der Waals surface area contributed by atoms with Gasteiger partial charge in [0.25, 0.3) is 5.91 Å². The summed E-state index contributed by atoms with van der Waals surface area (Å²) in [6, 6.07) is 25.7. The topological polar surface area (TPSA) is 47.4 Å². The smallest absolute Gasteiger partial charge is 0.266 e. The first kappa shape index (κ1) is 26.8.